The van der Waals surface area contributed by atoms with Crippen LogP contribution in [0.1, 0.15) is 38.2 Å². The van der Waals surface area contributed by atoms with Crippen LogP contribution in [0.15, 0.2) is 18.2 Å². The monoisotopic (exact) mass is 295 g/mol. The predicted octanol–water partition coefficient (Wildman–Crippen LogP) is 3.82. The van der Waals surface area contributed by atoms with Crippen molar-refractivity contribution in [2.24, 2.45) is 0 Å². The molecule has 0 bridgehead atoms. The molecule has 0 N–H and O–H groups in total. The number of nitrogens with zero attached hydrogens (tertiary/aromatic N) is 1. The van der Waals surface area contributed by atoms with E-state index in [4.69, 9.17) is 16.3 Å². The quantitative estimate of drug-likeness (QED) is 0.848. The van der Waals surface area contributed by atoms with Crippen LogP contribution in [-0.4, -0.2) is 30.0 Å². The highest BCUT2D eigenvalue weighted by Gasteiger charge is 2.22. The lowest BCUT2D eigenvalue weighted by molar-refractivity contribution is -0.137. The number of benzene rings is 1. The maximum absolute atomic E-state index is 12.4. The van der Waals surface area contributed by atoms with Crippen LogP contribution in [0.3, 0.4) is 0 Å². The summed E-state index contributed by atoms with van der Waals surface area (Å²) in [5, 5.41) is 0.712. The molecule has 0 saturated carbocycles. The Balaban J connectivity index is 1.97. The molecule has 0 aromatic heterocycles. The summed E-state index contributed by atoms with van der Waals surface area (Å²) < 4.78 is 5.76. The second-order valence-electron chi connectivity index (χ2n) is 5.41. The van der Waals surface area contributed by atoms with Gasteiger partial charge in [0.25, 0.3) is 5.91 Å². The maximum Gasteiger partial charge on any atom is 0.263 e. The van der Waals surface area contributed by atoms with Gasteiger partial charge in [0, 0.05) is 18.1 Å². The molecule has 110 valence electrons. The molecule has 1 atom stereocenters. The normalized spacial score (nSPS) is 17.4. The molecule has 1 aromatic carbocycles. The van der Waals surface area contributed by atoms with E-state index in [2.05, 4.69) is 0 Å². The standard InChI is InChI=1S/C16H22ClNO2/c1-12-11-14(7-8-15(12)17)20-13(2)16(19)18-9-5-3-4-6-10-18/h7-8,11,13H,3-6,9-10H2,1-2H3/t13-/m0/s1. The van der Waals surface area contributed by atoms with E-state index in [0.29, 0.717) is 10.8 Å². The summed E-state index contributed by atoms with van der Waals surface area (Å²) in [4.78, 5) is 14.3. The highest BCUT2D eigenvalue weighted by atomic mass is 35.5. The van der Waals surface area contributed by atoms with Gasteiger partial charge in [-0.25, -0.2) is 0 Å². The molecule has 1 saturated heterocycles. The van der Waals surface area contributed by atoms with Gasteiger partial charge in [-0.1, -0.05) is 24.4 Å². The summed E-state index contributed by atoms with van der Waals surface area (Å²) in [6.45, 7) is 5.45. The number of carbonyl (C=O) groups is 1. The van der Waals surface area contributed by atoms with Gasteiger partial charge in [-0.2, -0.15) is 0 Å². The Morgan fingerprint density at radius 3 is 2.50 bits per heavy atom. The van der Waals surface area contributed by atoms with E-state index < -0.39 is 6.10 Å². The van der Waals surface area contributed by atoms with Crippen molar-refractivity contribution < 1.29 is 9.53 Å². The highest BCUT2D eigenvalue weighted by molar-refractivity contribution is 6.31. The number of hydrogen-bond acceptors (Lipinski definition) is 2. The Hall–Kier alpha value is -1.22. The summed E-state index contributed by atoms with van der Waals surface area (Å²) in [7, 11) is 0. The summed E-state index contributed by atoms with van der Waals surface area (Å²) in [5.41, 5.74) is 0.957. The Morgan fingerprint density at radius 1 is 1.25 bits per heavy atom. The van der Waals surface area contributed by atoms with E-state index in [0.717, 1.165) is 31.5 Å². The van der Waals surface area contributed by atoms with Gasteiger partial charge in [0.05, 0.1) is 0 Å². The van der Waals surface area contributed by atoms with E-state index >= 15 is 0 Å². The SMILES string of the molecule is Cc1cc(O[C@@H](C)C(=O)N2CCCCCC2)ccc1Cl. The van der Waals surface area contributed by atoms with Crippen molar-refractivity contribution in [2.45, 2.75) is 45.6 Å². The predicted molar refractivity (Wildman–Crippen MR) is 81.3 cm³/mol. The van der Waals surface area contributed by atoms with Crippen LogP contribution in [0.5, 0.6) is 5.75 Å². The summed E-state index contributed by atoms with van der Waals surface area (Å²) >= 11 is 5.99. The highest BCUT2D eigenvalue weighted by Crippen LogP contribution is 2.22. The van der Waals surface area contributed by atoms with Gasteiger partial charge < -0.3 is 9.64 Å². The molecule has 0 radical (unpaired) electrons. The fraction of sp³-hybridized carbons (Fsp3) is 0.562. The minimum absolute atomic E-state index is 0.0829. The van der Waals surface area contributed by atoms with Gasteiger partial charge in [0.2, 0.25) is 0 Å². The first-order chi connectivity index (χ1) is 9.58. The lowest BCUT2D eigenvalue weighted by Crippen LogP contribution is -2.41. The third-order valence-corrected chi connectivity index (χ3v) is 4.13. The number of hydrogen-bond donors (Lipinski definition) is 0. The number of halogens is 1. The van der Waals surface area contributed by atoms with Gasteiger partial charge in [-0.15, -0.1) is 0 Å². The van der Waals surface area contributed by atoms with Crippen LogP contribution in [0, 0.1) is 6.92 Å². The molecule has 1 fully saturated rings. The van der Waals surface area contributed by atoms with Crippen molar-refractivity contribution in [1.29, 1.82) is 0 Å². The second kappa shape index (κ2) is 6.98. The molecule has 0 spiro atoms. The third-order valence-electron chi connectivity index (χ3n) is 3.71. The topological polar surface area (TPSA) is 29.5 Å². The van der Waals surface area contributed by atoms with Crippen LogP contribution in [0.2, 0.25) is 5.02 Å². The Bertz CT molecular complexity index is 468. The lowest BCUT2D eigenvalue weighted by Gasteiger charge is -2.24. The fourth-order valence-corrected chi connectivity index (χ4v) is 2.61. The zero-order chi connectivity index (χ0) is 14.5. The Kier molecular flexibility index (Phi) is 5.30. The van der Waals surface area contributed by atoms with Gasteiger partial charge >= 0.3 is 0 Å². The largest absolute Gasteiger partial charge is 0.481 e. The summed E-state index contributed by atoms with van der Waals surface area (Å²) in [6, 6.07) is 5.48. The van der Waals surface area contributed by atoms with Crippen molar-refractivity contribution in [3.8, 4) is 5.75 Å². The zero-order valence-electron chi connectivity index (χ0n) is 12.2. The second-order valence-corrected chi connectivity index (χ2v) is 5.82. The average molecular weight is 296 g/mol. The minimum Gasteiger partial charge on any atom is -0.481 e. The van der Waals surface area contributed by atoms with Crippen LogP contribution < -0.4 is 4.74 Å². The molecule has 0 unspecified atom stereocenters. The molecule has 2 rings (SSSR count). The van der Waals surface area contributed by atoms with Gasteiger partial charge in [-0.3, -0.25) is 4.79 Å². The molecule has 1 heterocycles. The molecule has 0 aliphatic carbocycles. The minimum atomic E-state index is -0.450. The Labute approximate surface area is 125 Å². The van der Waals surface area contributed by atoms with Gasteiger partial charge in [0.1, 0.15) is 5.75 Å². The number of ether oxygens (including phenoxy) is 1. The van der Waals surface area contributed by atoms with E-state index in [1.54, 1.807) is 6.07 Å². The van der Waals surface area contributed by atoms with Crippen molar-refractivity contribution in [1.82, 2.24) is 4.90 Å². The number of likely N-dealkylation sites (tertiary alicyclic amines) is 1. The number of rotatable bonds is 3. The lowest BCUT2D eigenvalue weighted by atomic mass is 10.2. The molecule has 1 aliphatic heterocycles. The van der Waals surface area contributed by atoms with Crippen molar-refractivity contribution in [3.63, 3.8) is 0 Å². The number of amides is 1. The van der Waals surface area contributed by atoms with Crippen LogP contribution >= 0.6 is 11.6 Å². The maximum atomic E-state index is 12.4. The molecule has 3 nitrogen and oxygen atoms in total. The average Bonchev–Trinajstić information content (AvgIpc) is 2.71. The van der Waals surface area contributed by atoms with E-state index in [1.165, 1.54) is 12.8 Å². The van der Waals surface area contributed by atoms with Crippen LogP contribution in [0.4, 0.5) is 0 Å². The summed E-state index contributed by atoms with van der Waals surface area (Å²) in [5.74, 6) is 0.780. The Morgan fingerprint density at radius 2 is 1.90 bits per heavy atom. The molecule has 20 heavy (non-hydrogen) atoms. The number of carbonyl (C=O) groups excluding carboxylic acids is 1. The first-order valence-electron chi connectivity index (χ1n) is 7.29. The smallest absolute Gasteiger partial charge is 0.263 e. The fourth-order valence-electron chi connectivity index (χ4n) is 2.49. The van der Waals surface area contributed by atoms with Crippen LogP contribution in [0.25, 0.3) is 0 Å². The molecule has 4 heteroatoms. The first kappa shape index (κ1) is 15.2. The van der Waals surface area contributed by atoms with Crippen molar-refractivity contribution >= 4 is 17.5 Å². The van der Waals surface area contributed by atoms with Crippen molar-refractivity contribution in [2.75, 3.05) is 13.1 Å². The van der Waals surface area contributed by atoms with Gasteiger partial charge in [0.15, 0.2) is 6.10 Å². The molecular weight excluding hydrogens is 274 g/mol. The van der Waals surface area contributed by atoms with E-state index in [9.17, 15) is 4.79 Å². The van der Waals surface area contributed by atoms with E-state index in [-0.39, 0.29) is 5.91 Å². The molecule has 1 aromatic rings. The first-order valence-corrected chi connectivity index (χ1v) is 7.67. The van der Waals surface area contributed by atoms with Crippen molar-refractivity contribution in [3.05, 3.63) is 28.8 Å². The van der Waals surface area contributed by atoms with Gasteiger partial charge in [-0.05, 0) is 50.5 Å². The van der Waals surface area contributed by atoms with E-state index in [1.807, 2.05) is 30.9 Å². The molecule has 1 amide bonds. The third kappa shape index (κ3) is 3.89. The van der Waals surface area contributed by atoms with Crippen LogP contribution in [-0.2, 0) is 4.79 Å². The number of aryl methyl sites for hydroxylation is 1. The summed E-state index contributed by atoms with van der Waals surface area (Å²) in [6.07, 6.45) is 4.18. The molecule has 1 aliphatic rings. The zero-order valence-corrected chi connectivity index (χ0v) is 12.9. The molecular formula is C16H22ClNO2.